The Morgan fingerprint density at radius 2 is 0.620 bits per heavy atom. The van der Waals surface area contributed by atoms with E-state index in [9.17, 15) is 0 Å². The fourth-order valence-corrected chi connectivity index (χ4v) is 14.7. The van der Waals surface area contributed by atoms with Crippen molar-refractivity contribution in [1.29, 1.82) is 0 Å². The molecule has 2 heterocycles. The predicted molar refractivity (Wildman–Crippen MR) is 207 cm³/mol. The highest BCUT2D eigenvalue weighted by atomic mass is 31.2. The second-order valence-electron chi connectivity index (χ2n) is 13.4. The molecule has 0 aromatic heterocycles. The third kappa shape index (κ3) is 4.89. The second-order valence-corrected chi connectivity index (χ2v) is 18.8. The zero-order chi connectivity index (χ0) is 34.6. The lowest BCUT2D eigenvalue weighted by molar-refractivity contribution is 0.134. The summed E-state index contributed by atoms with van der Waals surface area (Å²) >= 11 is 0. The van der Waals surface area contributed by atoms with E-state index in [1.54, 1.807) is 0 Å². The van der Waals surface area contributed by atoms with Gasteiger partial charge >= 0.3 is 0 Å². The van der Waals surface area contributed by atoms with Crippen LogP contribution in [0.15, 0.2) is 121 Å². The molecule has 0 unspecified atom stereocenters. The fourth-order valence-electron chi connectivity index (χ4n) is 8.28. The summed E-state index contributed by atoms with van der Waals surface area (Å²) in [6, 6.07) is 39.5. The zero-order valence-corrected chi connectivity index (χ0v) is 30.7. The van der Waals surface area contributed by atoms with Gasteiger partial charge in [0.25, 0.3) is 0 Å². The first-order valence-corrected chi connectivity index (χ1v) is 20.6. The van der Waals surface area contributed by atoms with Gasteiger partial charge in [-0.2, -0.15) is 0 Å². The summed E-state index contributed by atoms with van der Waals surface area (Å²) in [7, 11) is -7.05. The van der Waals surface area contributed by atoms with Crippen LogP contribution in [0.3, 0.4) is 0 Å². The summed E-state index contributed by atoms with van der Waals surface area (Å²) in [5, 5.41) is 4.66. The van der Waals surface area contributed by atoms with Crippen molar-refractivity contribution in [3.63, 3.8) is 0 Å². The Labute approximate surface area is 294 Å². The first-order valence-electron chi connectivity index (χ1n) is 17.2. The van der Waals surface area contributed by atoms with Crippen molar-refractivity contribution in [2.45, 2.75) is 54.1 Å². The van der Waals surface area contributed by atoms with Crippen molar-refractivity contribution in [2.75, 3.05) is 0 Å². The Bertz CT molecular complexity index is 2100. The van der Waals surface area contributed by atoms with Crippen LogP contribution in [-0.4, -0.2) is 0 Å². The largest absolute Gasteiger partial charge is 0.372 e. The number of ether oxygens (including phenoxy) is 2. The maximum atomic E-state index is 16.6. The van der Waals surface area contributed by atoms with Crippen molar-refractivity contribution in [2.24, 2.45) is 0 Å². The van der Waals surface area contributed by atoms with E-state index in [-0.39, 0.29) is 0 Å². The standard InChI is InChI=1S/C44H40O4P2/c1-29-37-25-47-27-39(37)31(3)43(49(45,33-17-9-5-10-18-33)34-19-11-6-12-20-34)41(29)42-30(2)38-26-48-28-40(38)32(4)44(42)50(46,35-21-13-7-14-22-35)36-23-15-8-16-24-36/h5-24H,25-28H2,1-4H3. The molecule has 0 saturated carbocycles. The normalized spacial score (nSPS) is 14.1. The summed E-state index contributed by atoms with van der Waals surface area (Å²) in [5.41, 5.74) is 10.3. The van der Waals surface area contributed by atoms with Gasteiger partial charge in [0.15, 0.2) is 14.3 Å². The van der Waals surface area contributed by atoms with Crippen LogP contribution in [0.5, 0.6) is 0 Å². The topological polar surface area (TPSA) is 52.6 Å². The SMILES string of the molecule is Cc1c2c(c(C)c(P(=O)(c3ccccc3)c3ccccc3)c1-c1c(C)c3c(c(C)c1P(=O)(c1ccccc1)c1ccccc1)COC3)COC2. The zero-order valence-electron chi connectivity index (χ0n) is 28.9. The Morgan fingerprint density at radius 3 is 0.880 bits per heavy atom. The minimum absolute atomic E-state index is 0.467. The van der Waals surface area contributed by atoms with E-state index in [0.717, 1.165) is 87.5 Å². The summed E-state index contributed by atoms with van der Waals surface area (Å²) < 4.78 is 45.5. The van der Waals surface area contributed by atoms with Crippen LogP contribution in [0.1, 0.15) is 44.5 Å². The molecule has 0 N–H and O–H groups in total. The molecule has 250 valence electrons. The van der Waals surface area contributed by atoms with Gasteiger partial charge in [-0.15, -0.1) is 0 Å². The molecule has 0 saturated heterocycles. The number of rotatable bonds is 7. The number of benzene rings is 6. The van der Waals surface area contributed by atoms with Gasteiger partial charge in [0.2, 0.25) is 0 Å². The molecule has 50 heavy (non-hydrogen) atoms. The maximum absolute atomic E-state index is 16.6. The Kier molecular flexibility index (Phi) is 8.41. The van der Waals surface area contributed by atoms with Crippen molar-refractivity contribution in [3.05, 3.63) is 166 Å². The van der Waals surface area contributed by atoms with Crippen molar-refractivity contribution in [3.8, 4) is 11.1 Å². The van der Waals surface area contributed by atoms with Crippen LogP contribution in [-0.2, 0) is 45.0 Å². The van der Waals surface area contributed by atoms with Gasteiger partial charge in [-0.3, -0.25) is 0 Å². The molecule has 0 amide bonds. The number of hydrogen-bond donors (Lipinski definition) is 0. The molecule has 0 radical (unpaired) electrons. The molecule has 6 aromatic carbocycles. The molecule has 0 aliphatic carbocycles. The van der Waals surface area contributed by atoms with E-state index >= 15 is 9.13 Å². The average molecular weight is 695 g/mol. The molecule has 0 fully saturated rings. The highest BCUT2D eigenvalue weighted by Gasteiger charge is 2.43. The molecule has 0 bridgehead atoms. The van der Waals surface area contributed by atoms with E-state index < -0.39 is 14.3 Å². The summed E-state index contributed by atoms with van der Waals surface area (Å²) in [6.45, 7) is 10.4. The van der Waals surface area contributed by atoms with Crippen LogP contribution in [0.2, 0.25) is 0 Å². The smallest absolute Gasteiger partial charge is 0.171 e. The van der Waals surface area contributed by atoms with Crippen LogP contribution < -0.4 is 31.8 Å². The van der Waals surface area contributed by atoms with Crippen molar-refractivity contribution >= 4 is 46.1 Å². The summed E-state index contributed by atoms with van der Waals surface area (Å²) in [4.78, 5) is 0. The Balaban J connectivity index is 1.61. The molecule has 4 nitrogen and oxygen atoms in total. The monoisotopic (exact) mass is 694 g/mol. The van der Waals surface area contributed by atoms with Gasteiger partial charge in [0.05, 0.1) is 26.4 Å². The predicted octanol–water partition coefficient (Wildman–Crippen LogP) is 7.93. The molecule has 8 rings (SSSR count). The Morgan fingerprint density at radius 1 is 0.380 bits per heavy atom. The minimum atomic E-state index is -3.52. The van der Waals surface area contributed by atoms with E-state index in [0.29, 0.717) is 26.4 Å². The fraction of sp³-hybridized carbons (Fsp3) is 0.182. The van der Waals surface area contributed by atoms with Gasteiger partial charge < -0.3 is 18.6 Å². The lowest BCUT2D eigenvalue weighted by Crippen LogP contribution is -2.34. The Hall–Kier alpha value is -4.30. The van der Waals surface area contributed by atoms with Crippen molar-refractivity contribution in [1.82, 2.24) is 0 Å². The first kappa shape index (κ1) is 32.9. The molecule has 0 spiro atoms. The van der Waals surface area contributed by atoms with Gasteiger partial charge in [-0.1, -0.05) is 121 Å². The summed E-state index contributed by atoms with van der Waals surface area (Å²) in [6.07, 6.45) is 0. The molecule has 2 aliphatic rings. The second kappa shape index (κ2) is 12.8. The minimum Gasteiger partial charge on any atom is -0.372 e. The van der Waals surface area contributed by atoms with Crippen LogP contribution in [0, 0.1) is 27.7 Å². The molecule has 2 aliphatic heterocycles. The van der Waals surface area contributed by atoms with E-state index in [1.165, 1.54) is 0 Å². The van der Waals surface area contributed by atoms with E-state index in [1.807, 2.05) is 121 Å². The molecule has 6 heteroatoms. The lowest BCUT2D eigenvalue weighted by atomic mass is 9.85. The third-order valence-electron chi connectivity index (χ3n) is 10.8. The highest BCUT2D eigenvalue weighted by molar-refractivity contribution is 7.86. The van der Waals surface area contributed by atoms with Gasteiger partial charge in [-0.05, 0) is 83.3 Å². The molecule has 0 atom stereocenters. The van der Waals surface area contributed by atoms with Crippen LogP contribution >= 0.6 is 14.3 Å². The van der Waals surface area contributed by atoms with E-state index in [4.69, 9.17) is 9.47 Å². The molecular formula is C44H40O4P2. The van der Waals surface area contributed by atoms with Crippen molar-refractivity contribution < 1.29 is 18.6 Å². The van der Waals surface area contributed by atoms with Gasteiger partial charge in [0.1, 0.15) is 0 Å². The lowest BCUT2D eigenvalue weighted by Gasteiger charge is -2.33. The van der Waals surface area contributed by atoms with Gasteiger partial charge in [-0.25, -0.2) is 0 Å². The van der Waals surface area contributed by atoms with E-state index in [2.05, 4.69) is 27.7 Å². The highest BCUT2D eigenvalue weighted by Crippen LogP contribution is 2.54. The van der Waals surface area contributed by atoms with Crippen LogP contribution in [0.25, 0.3) is 11.1 Å². The number of fused-ring (bicyclic) bond motifs is 2. The van der Waals surface area contributed by atoms with Crippen LogP contribution in [0.4, 0.5) is 0 Å². The third-order valence-corrected chi connectivity index (χ3v) is 17.3. The average Bonchev–Trinajstić information content (AvgIpc) is 3.88. The first-order chi connectivity index (χ1) is 24.3. The number of hydrogen-bond acceptors (Lipinski definition) is 4. The van der Waals surface area contributed by atoms with Gasteiger partial charge in [0, 0.05) is 31.8 Å². The maximum Gasteiger partial charge on any atom is 0.171 e. The quantitative estimate of drug-likeness (QED) is 0.159. The molecular weight excluding hydrogens is 654 g/mol. The summed E-state index contributed by atoms with van der Waals surface area (Å²) in [5.74, 6) is 0. The molecule has 6 aromatic rings.